The van der Waals surface area contributed by atoms with Gasteiger partial charge in [0.15, 0.2) is 0 Å². The van der Waals surface area contributed by atoms with E-state index in [0.29, 0.717) is 12.1 Å². The Kier molecular flexibility index (Phi) is 4.79. The Hall–Kier alpha value is -0.800. The van der Waals surface area contributed by atoms with Gasteiger partial charge in [-0.2, -0.15) is 0 Å². The molecule has 1 aromatic heterocycles. The summed E-state index contributed by atoms with van der Waals surface area (Å²) in [4.78, 5) is 2.72. The minimum Gasteiger partial charge on any atom is -0.469 e. The van der Waals surface area contributed by atoms with Gasteiger partial charge in [-0.15, -0.1) is 0 Å². The first kappa shape index (κ1) is 14.2. The molecule has 2 heterocycles. The average Bonchev–Trinajstić information content (AvgIpc) is 3.13. The molecule has 1 N–H and O–H groups in total. The molecule has 2 atom stereocenters. The molecule has 3 rings (SSSR count). The number of aryl methyl sites for hydroxylation is 1. The van der Waals surface area contributed by atoms with Crippen LogP contribution in [0.5, 0.6) is 0 Å². The van der Waals surface area contributed by atoms with E-state index in [1.807, 2.05) is 6.26 Å². The number of nitrogens with zero attached hydrogens (tertiary/aromatic N) is 1. The van der Waals surface area contributed by atoms with Crippen molar-refractivity contribution in [2.75, 3.05) is 19.6 Å². The maximum atomic E-state index is 5.67. The summed E-state index contributed by atoms with van der Waals surface area (Å²) in [7, 11) is 0. The lowest BCUT2D eigenvalue weighted by molar-refractivity contribution is 0.158. The molecule has 3 heteroatoms. The number of furan rings is 1. The molecule has 0 radical (unpaired) electrons. The van der Waals surface area contributed by atoms with Crippen molar-refractivity contribution in [2.45, 2.75) is 64.0 Å². The molecule has 3 nitrogen and oxygen atoms in total. The van der Waals surface area contributed by atoms with Crippen molar-refractivity contribution in [1.82, 2.24) is 10.2 Å². The molecule has 0 amide bonds. The maximum absolute atomic E-state index is 5.67. The van der Waals surface area contributed by atoms with E-state index >= 15 is 0 Å². The first-order valence-corrected chi connectivity index (χ1v) is 8.42. The van der Waals surface area contributed by atoms with Crippen LogP contribution in [0.2, 0.25) is 0 Å². The topological polar surface area (TPSA) is 28.4 Å². The molecule has 2 aliphatic rings. The van der Waals surface area contributed by atoms with Gasteiger partial charge in [0.2, 0.25) is 0 Å². The fraction of sp³-hybridized carbons (Fsp3) is 0.765. The minimum absolute atomic E-state index is 0.589. The summed E-state index contributed by atoms with van der Waals surface area (Å²) in [6.45, 7) is 5.92. The number of fused-ring (bicyclic) bond motifs is 1. The van der Waals surface area contributed by atoms with Crippen LogP contribution in [0.4, 0.5) is 0 Å². The van der Waals surface area contributed by atoms with Gasteiger partial charge in [0.1, 0.15) is 5.76 Å². The van der Waals surface area contributed by atoms with Gasteiger partial charge in [-0.05, 0) is 51.3 Å². The highest BCUT2D eigenvalue weighted by molar-refractivity contribution is 5.24. The number of hydrogen-bond donors (Lipinski definition) is 1. The van der Waals surface area contributed by atoms with Crippen LogP contribution in [0.15, 0.2) is 16.7 Å². The summed E-state index contributed by atoms with van der Waals surface area (Å²) in [6.07, 6.45) is 10.8. The van der Waals surface area contributed by atoms with Crippen LogP contribution in [0.1, 0.15) is 62.8 Å². The van der Waals surface area contributed by atoms with E-state index in [1.54, 1.807) is 0 Å². The molecule has 1 aliphatic heterocycles. The molecule has 1 fully saturated rings. The van der Waals surface area contributed by atoms with Crippen molar-refractivity contribution < 1.29 is 4.42 Å². The Morgan fingerprint density at radius 3 is 3.10 bits per heavy atom. The highest BCUT2D eigenvalue weighted by Gasteiger charge is 2.29. The Balaban J connectivity index is 1.71. The molecule has 0 aromatic carbocycles. The van der Waals surface area contributed by atoms with Crippen molar-refractivity contribution in [2.24, 2.45) is 0 Å². The normalized spacial score (nSPS) is 26.1. The monoisotopic (exact) mass is 276 g/mol. The number of hydrogen-bond acceptors (Lipinski definition) is 3. The Labute approximate surface area is 122 Å². The second-order valence-electron chi connectivity index (χ2n) is 6.35. The lowest BCUT2D eigenvalue weighted by Gasteiger charge is -2.35. The Morgan fingerprint density at radius 1 is 1.35 bits per heavy atom. The molecule has 0 saturated carbocycles. The van der Waals surface area contributed by atoms with Gasteiger partial charge < -0.3 is 9.73 Å². The maximum Gasteiger partial charge on any atom is 0.108 e. The zero-order valence-electron chi connectivity index (χ0n) is 12.7. The second kappa shape index (κ2) is 6.77. The summed E-state index contributed by atoms with van der Waals surface area (Å²) in [5.74, 6) is 1.24. The first-order valence-electron chi connectivity index (χ1n) is 8.42. The Morgan fingerprint density at radius 2 is 2.30 bits per heavy atom. The first-order chi connectivity index (χ1) is 9.88. The van der Waals surface area contributed by atoms with Gasteiger partial charge in [0, 0.05) is 30.6 Å². The second-order valence-corrected chi connectivity index (χ2v) is 6.35. The largest absolute Gasteiger partial charge is 0.469 e. The van der Waals surface area contributed by atoms with Crippen LogP contribution >= 0.6 is 0 Å². The van der Waals surface area contributed by atoms with E-state index in [4.69, 9.17) is 4.42 Å². The molecule has 112 valence electrons. The van der Waals surface area contributed by atoms with E-state index < -0.39 is 0 Å². The fourth-order valence-corrected chi connectivity index (χ4v) is 3.77. The lowest BCUT2D eigenvalue weighted by atomic mass is 9.91. The molecule has 20 heavy (non-hydrogen) atoms. The highest BCUT2D eigenvalue weighted by atomic mass is 16.3. The van der Waals surface area contributed by atoms with Crippen LogP contribution in [-0.2, 0) is 6.42 Å². The predicted octanol–water partition coefficient (Wildman–Crippen LogP) is 3.51. The van der Waals surface area contributed by atoms with Crippen molar-refractivity contribution in [3.8, 4) is 0 Å². The predicted molar refractivity (Wildman–Crippen MR) is 81.9 cm³/mol. The van der Waals surface area contributed by atoms with Gasteiger partial charge in [-0.25, -0.2) is 0 Å². The molecule has 1 aliphatic carbocycles. The number of unbranched alkanes of at least 4 members (excludes halogenated alkanes) is 1. The average molecular weight is 276 g/mol. The highest BCUT2D eigenvalue weighted by Crippen LogP contribution is 2.35. The molecule has 1 saturated heterocycles. The standard InChI is InChI=1S/C17H28N2O/c1-2-3-11-19(13-14-6-5-10-18-14)16-7-4-8-17-15(16)9-12-20-17/h9,12,14,16,18H,2-8,10-11,13H2,1H3. The SMILES string of the molecule is CCCCN(CC1CCCN1)C1CCCc2occc21. The van der Waals surface area contributed by atoms with Crippen LogP contribution in [0.25, 0.3) is 0 Å². The van der Waals surface area contributed by atoms with Gasteiger partial charge in [-0.3, -0.25) is 4.90 Å². The molecular formula is C17H28N2O. The summed E-state index contributed by atoms with van der Waals surface area (Å²) in [6, 6.07) is 3.50. The number of nitrogens with one attached hydrogen (secondary N) is 1. The van der Waals surface area contributed by atoms with E-state index in [0.717, 1.165) is 6.42 Å². The lowest BCUT2D eigenvalue weighted by Crippen LogP contribution is -2.41. The summed E-state index contributed by atoms with van der Waals surface area (Å²) < 4.78 is 5.67. The van der Waals surface area contributed by atoms with Crippen molar-refractivity contribution in [1.29, 1.82) is 0 Å². The summed E-state index contributed by atoms with van der Waals surface area (Å²) in [5.41, 5.74) is 1.46. The number of rotatable bonds is 6. The van der Waals surface area contributed by atoms with Gasteiger partial charge in [0.25, 0.3) is 0 Å². The molecule has 0 bridgehead atoms. The fourth-order valence-electron chi connectivity index (χ4n) is 3.77. The van der Waals surface area contributed by atoms with Crippen molar-refractivity contribution >= 4 is 0 Å². The minimum atomic E-state index is 0.589. The summed E-state index contributed by atoms with van der Waals surface area (Å²) in [5, 5.41) is 3.66. The zero-order valence-corrected chi connectivity index (χ0v) is 12.7. The Bertz CT molecular complexity index is 409. The van der Waals surface area contributed by atoms with E-state index in [-0.39, 0.29) is 0 Å². The zero-order chi connectivity index (χ0) is 13.8. The van der Waals surface area contributed by atoms with Gasteiger partial charge >= 0.3 is 0 Å². The summed E-state index contributed by atoms with van der Waals surface area (Å²) >= 11 is 0. The van der Waals surface area contributed by atoms with Crippen molar-refractivity contribution in [3.05, 3.63) is 23.7 Å². The van der Waals surface area contributed by atoms with E-state index in [9.17, 15) is 0 Å². The van der Waals surface area contributed by atoms with Gasteiger partial charge in [0.05, 0.1) is 6.26 Å². The molecule has 0 spiro atoms. The van der Waals surface area contributed by atoms with Crippen LogP contribution in [0, 0.1) is 0 Å². The van der Waals surface area contributed by atoms with Gasteiger partial charge in [-0.1, -0.05) is 13.3 Å². The quantitative estimate of drug-likeness (QED) is 0.862. The van der Waals surface area contributed by atoms with Crippen LogP contribution in [0.3, 0.4) is 0 Å². The van der Waals surface area contributed by atoms with E-state index in [1.165, 1.54) is 69.5 Å². The third-order valence-corrected chi connectivity index (χ3v) is 4.88. The van der Waals surface area contributed by atoms with E-state index in [2.05, 4.69) is 23.2 Å². The smallest absolute Gasteiger partial charge is 0.108 e. The third kappa shape index (κ3) is 3.09. The molecule has 2 unspecified atom stereocenters. The molecular weight excluding hydrogens is 248 g/mol. The van der Waals surface area contributed by atoms with Crippen LogP contribution in [-0.4, -0.2) is 30.6 Å². The molecule has 1 aromatic rings. The van der Waals surface area contributed by atoms with Crippen molar-refractivity contribution in [3.63, 3.8) is 0 Å². The van der Waals surface area contributed by atoms with Crippen LogP contribution < -0.4 is 5.32 Å². The third-order valence-electron chi connectivity index (χ3n) is 4.88.